The first-order chi connectivity index (χ1) is 14.0. The van der Waals surface area contributed by atoms with Gasteiger partial charge in [0.25, 0.3) is 0 Å². The molecule has 7 nitrogen and oxygen atoms in total. The maximum atomic E-state index is 13.0. The standard InChI is InChI=1S/C22H27NO6/c1-13-18(22(25)29-12-11-26-2)19(20-15(23-13)8-6-9-16(20)24)14-7-5-10-17(27-3)21(14)28-4/h5,7,10,19,23H,6,8-9,11-12H2,1-4H3/t19-/m0/s1. The van der Waals surface area contributed by atoms with Gasteiger partial charge in [-0.1, -0.05) is 12.1 Å². The van der Waals surface area contributed by atoms with Gasteiger partial charge in [-0.05, 0) is 25.8 Å². The number of Topliss-reactive ketones (excluding diaryl/α,β-unsaturated/α-hetero) is 1. The van der Waals surface area contributed by atoms with Crippen molar-refractivity contribution in [1.82, 2.24) is 5.32 Å². The third kappa shape index (κ3) is 4.00. The summed E-state index contributed by atoms with van der Waals surface area (Å²) in [6, 6.07) is 5.48. The van der Waals surface area contributed by atoms with Crippen molar-refractivity contribution >= 4 is 11.8 Å². The van der Waals surface area contributed by atoms with Crippen LogP contribution in [0.2, 0.25) is 0 Å². The van der Waals surface area contributed by atoms with Crippen molar-refractivity contribution in [3.63, 3.8) is 0 Å². The Morgan fingerprint density at radius 3 is 2.62 bits per heavy atom. The maximum absolute atomic E-state index is 13.0. The van der Waals surface area contributed by atoms with Crippen LogP contribution < -0.4 is 14.8 Å². The van der Waals surface area contributed by atoms with Crippen LogP contribution in [0.4, 0.5) is 0 Å². The molecule has 0 amide bonds. The normalized spacial score (nSPS) is 18.9. The Hall–Kier alpha value is -2.80. The van der Waals surface area contributed by atoms with Gasteiger partial charge in [0.15, 0.2) is 17.3 Å². The van der Waals surface area contributed by atoms with E-state index in [9.17, 15) is 9.59 Å². The quantitative estimate of drug-likeness (QED) is 0.556. The molecule has 1 atom stereocenters. The molecule has 0 saturated heterocycles. The highest BCUT2D eigenvalue weighted by Crippen LogP contribution is 2.47. The van der Waals surface area contributed by atoms with Gasteiger partial charge in [0, 0.05) is 36.1 Å². The Labute approximate surface area is 170 Å². The number of hydrogen-bond donors (Lipinski definition) is 1. The molecule has 29 heavy (non-hydrogen) atoms. The van der Waals surface area contributed by atoms with E-state index in [2.05, 4.69) is 5.32 Å². The fourth-order valence-corrected chi connectivity index (χ4v) is 4.00. The Morgan fingerprint density at radius 2 is 1.93 bits per heavy atom. The number of carbonyl (C=O) groups is 2. The van der Waals surface area contributed by atoms with Crippen LogP contribution in [-0.4, -0.2) is 46.3 Å². The largest absolute Gasteiger partial charge is 0.493 e. The van der Waals surface area contributed by atoms with Crippen LogP contribution in [0.1, 0.15) is 37.7 Å². The van der Waals surface area contributed by atoms with Crippen LogP contribution in [0.5, 0.6) is 11.5 Å². The van der Waals surface area contributed by atoms with Crippen LogP contribution in [0.3, 0.4) is 0 Å². The molecule has 1 N–H and O–H groups in total. The Bertz CT molecular complexity index is 870. The van der Waals surface area contributed by atoms with Gasteiger partial charge in [0.05, 0.1) is 32.3 Å². The molecule has 0 fully saturated rings. The lowest BCUT2D eigenvalue weighted by Gasteiger charge is -2.34. The van der Waals surface area contributed by atoms with Crippen LogP contribution in [0, 0.1) is 0 Å². The fraction of sp³-hybridized carbons (Fsp3) is 0.455. The minimum absolute atomic E-state index is 0.0308. The number of ketones is 1. The van der Waals surface area contributed by atoms with Crippen LogP contribution in [0.25, 0.3) is 0 Å². The second kappa shape index (κ2) is 9.13. The predicted octanol–water partition coefficient (Wildman–Crippen LogP) is 2.86. The summed E-state index contributed by atoms with van der Waals surface area (Å²) in [5, 5.41) is 3.27. The summed E-state index contributed by atoms with van der Waals surface area (Å²) in [5.41, 5.74) is 3.25. The van der Waals surface area contributed by atoms with E-state index >= 15 is 0 Å². The molecule has 0 aromatic heterocycles. The number of carbonyl (C=O) groups excluding carboxylic acids is 2. The van der Waals surface area contributed by atoms with Crippen LogP contribution in [-0.2, 0) is 19.1 Å². The molecule has 1 aliphatic heterocycles. The van der Waals surface area contributed by atoms with E-state index in [-0.39, 0.29) is 12.4 Å². The van der Waals surface area contributed by atoms with Gasteiger partial charge < -0.3 is 24.3 Å². The summed E-state index contributed by atoms with van der Waals surface area (Å²) in [4.78, 5) is 26.0. The number of methoxy groups -OCH3 is 3. The van der Waals surface area contributed by atoms with E-state index < -0.39 is 11.9 Å². The van der Waals surface area contributed by atoms with Crippen molar-refractivity contribution in [1.29, 1.82) is 0 Å². The Morgan fingerprint density at radius 1 is 1.14 bits per heavy atom. The van der Waals surface area contributed by atoms with E-state index in [0.29, 0.717) is 46.9 Å². The summed E-state index contributed by atoms with van der Waals surface area (Å²) >= 11 is 0. The topological polar surface area (TPSA) is 83.1 Å². The molecular formula is C22H27NO6. The Balaban J connectivity index is 2.15. The molecule has 1 aromatic rings. The molecule has 0 unspecified atom stereocenters. The zero-order valence-corrected chi connectivity index (χ0v) is 17.3. The number of ether oxygens (including phenoxy) is 4. The SMILES string of the molecule is COCCOC(=O)C1=C(C)NC2=C(C(=O)CCC2)[C@H]1c1cccc(OC)c1OC. The molecule has 7 heteroatoms. The number of nitrogens with one attached hydrogen (secondary N) is 1. The van der Waals surface area contributed by atoms with Crippen molar-refractivity contribution in [2.24, 2.45) is 0 Å². The van der Waals surface area contributed by atoms with Crippen LogP contribution in [0.15, 0.2) is 40.7 Å². The first kappa shape index (κ1) is 20.9. The van der Waals surface area contributed by atoms with E-state index in [1.54, 1.807) is 27.4 Å². The number of hydrogen-bond acceptors (Lipinski definition) is 7. The summed E-state index contributed by atoms with van der Waals surface area (Å²) in [5.74, 6) is 0.00937. The summed E-state index contributed by atoms with van der Waals surface area (Å²) in [7, 11) is 4.65. The molecule has 1 aliphatic carbocycles. The second-order valence-electron chi connectivity index (χ2n) is 6.98. The van der Waals surface area contributed by atoms with E-state index in [1.807, 2.05) is 19.1 Å². The van der Waals surface area contributed by atoms with Crippen molar-refractivity contribution in [3.8, 4) is 11.5 Å². The van der Waals surface area contributed by atoms with Gasteiger partial charge in [-0.15, -0.1) is 0 Å². The van der Waals surface area contributed by atoms with Crippen molar-refractivity contribution in [2.75, 3.05) is 34.5 Å². The van der Waals surface area contributed by atoms with Gasteiger partial charge >= 0.3 is 5.97 Å². The minimum atomic E-state index is -0.584. The molecule has 3 rings (SSSR count). The average molecular weight is 401 g/mol. The highest BCUT2D eigenvalue weighted by atomic mass is 16.6. The van der Waals surface area contributed by atoms with Crippen molar-refractivity contribution < 1.29 is 28.5 Å². The minimum Gasteiger partial charge on any atom is -0.493 e. The second-order valence-corrected chi connectivity index (χ2v) is 6.98. The molecule has 0 saturated carbocycles. The predicted molar refractivity (Wildman–Crippen MR) is 107 cm³/mol. The van der Waals surface area contributed by atoms with Gasteiger partial charge in [0.1, 0.15) is 6.61 Å². The molecule has 156 valence electrons. The summed E-state index contributed by atoms with van der Waals surface area (Å²) < 4.78 is 21.5. The summed E-state index contributed by atoms with van der Waals surface area (Å²) in [6.07, 6.45) is 2.00. The van der Waals surface area contributed by atoms with Gasteiger partial charge in [-0.2, -0.15) is 0 Å². The lowest BCUT2D eigenvalue weighted by atomic mass is 9.75. The number of rotatable bonds is 7. The van der Waals surface area contributed by atoms with Gasteiger partial charge in [0.2, 0.25) is 0 Å². The monoisotopic (exact) mass is 401 g/mol. The highest BCUT2D eigenvalue weighted by Gasteiger charge is 2.40. The number of dihydropyridines is 1. The third-order valence-corrected chi connectivity index (χ3v) is 5.26. The van der Waals surface area contributed by atoms with Gasteiger partial charge in [-0.3, -0.25) is 4.79 Å². The number of benzene rings is 1. The summed E-state index contributed by atoms with van der Waals surface area (Å²) in [6.45, 7) is 2.26. The number of allylic oxidation sites excluding steroid dienone is 3. The first-order valence-electron chi connectivity index (χ1n) is 9.64. The lowest BCUT2D eigenvalue weighted by molar-refractivity contribution is -0.140. The molecule has 2 aliphatic rings. The van der Waals surface area contributed by atoms with E-state index in [1.165, 1.54) is 0 Å². The zero-order valence-electron chi connectivity index (χ0n) is 17.3. The Kier molecular flexibility index (Phi) is 6.59. The maximum Gasteiger partial charge on any atom is 0.336 e. The number of esters is 1. The van der Waals surface area contributed by atoms with Gasteiger partial charge in [-0.25, -0.2) is 4.79 Å². The first-order valence-corrected chi connectivity index (χ1v) is 9.64. The number of para-hydroxylation sites is 1. The molecule has 1 aromatic carbocycles. The van der Waals surface area contributed by atoms with E-state index in [4.69, 9.17) is 18.9 Å². The molecular weight excluding hydrogens is 374 g/mol. The van der Waals surface area contributed by atoms with Crippen molar-refractivity contribution in [2.45, 2.75) is 32.1 Å². The highest BCUT2D eigenvalue weighted by molar-refractivity contribution is 6.04. The lowest BCUT2D eigenvalue weighted by Crippen LogP contribution is -2.34. The fourth-order valence-electron chi connectivity index (χ4n) is 4.00. The smallest absolute Gasteiger partial charge is 0.336 e. The molecule has 0 bridgehead atoms. The average Bonchev–Trinajstić information content (AvgIpc) is 2.72. The zero-order chi connectivity index (χ0) is 21.0. The molecule has 1 heterocycles. The van der Waals surface area contributed by atoms with E-state index in [0.717, 1.165) is 18.5 Å². The molecule has 0 radical (unpaired) electrons. The third-order valence-electron chi connectivity index (χ3n) is 5.26. The van der Waals surface area contributed by atoms with Crippen molar-refractivity contribution in [3.05, 3.63) is 46.3 Å². The van der Waals surface area contributed by atoms with Crippen LogP contribution >= 0.6 is 0 Å². The molecule has 0 spiro atoms.